The number of phenols is 1. The summed E-state index contributed by atoms with van der Waals surface area (Å²) in [5.41, 5.74) is 0.885. The lowest BCUT2D eigenvalue weighted by Crippen LogP contribution is -2.35. The maximum Gasteiger partial charge on any atom is 0.140 e. The molecule has 0 radical (unpaired) electrons. The Morgan fingerprint density at radius 3 is 2.59 bits per heavy atom. The van der Waals surface area contributed by atoms with Crippen molar-refractivity contribution in [2.75, 3.05) is 19.7 Å². The van der Waals surface area contributed by atoms with Crippen LogP contribution in [-0.4, -0.2) is 29.7 Å². The highest BCUT2D eigenvalue weighted by Crippen LogP contribution is 2.31. The Morgan fingerprint density at radius 2 is 1.94 bits per heavy atom. The molecule has 1 aromatic carbocycles. The number of piperidine rings is 1. The molecule has 3 nitrogen and oxygen atoms in total. The van der Waals surface area contributed by atoms with Crippen LogP contribution in [0.4, 0.5) is 0 Å². The predicted octanol–water partition coefficient (Wildman–Crippen LogP) is 2.91. The van der Waals surface area contributed by atoms with Gasteiger partial charge in [0.05, 0.1) is 0 Å². The second kappa shape index (κ2) is 6.03. The topological polar surface area (TPSA) is 32.7 Å². The third-order valence-corrected chi connectivity index (χ3v) is 3.25. The second-order valence-electron chi connectivity index (χ2n) is 4.46. The molecule has 1 fully saturated rings. The van der Waals surface area contributed by atoms with E-state index < -0.39 is 0 Å². The van der Waals surface area contributed by atoms with Crippen LogP contribution >= 0.6 is 0 Å². The molecular formula is C14H21NO2. The molecule has 1 heterocycles. The lowest BCUT2D eigenvalue weighted by molar-refractivity contribution is -0.0662. The minimum absolute atomic E-state index is 0.0958. The van der Waals surface area contributed by atoms with Gasteiger partial charge in [-0.3, -0.25) is 4.90 Å². The number of para-hydroxylation sites is 1. The third kappa shape index (κ3) is 2.99. The molecule has 1 saturated heterocycles. The van der Waals surface area contributed by atoms with Gasteiger partial charge in [0.1, 0.15) is 12.0 Å². The van der Waals surface area contributed by atoms with E-state index in [1.54, 1.807) is 6.07 Å². The maximum atomic E-state index is 9.93. The highest BCUT2D eigenvalue weighted by molar-refractivity contribution is 5.33. The average molecular weight is 235 g/mol. The Hall–Kier alpha value is -1.06. The van der Waals surface area contributed by atoms with Crippen molar-refractivity contribution in [3.63, 3.8) is 0 Å². The molecule has 0 amide bonds. The number of nitrogens with zero attached hydrogens (tertiary/aromatic N) is 1. The van der Waals surface area contributed by atoms with E-state index in [9.17, 15) is 5.11 Å². The van der Waals surface area contributed by atoms with Crippen LogP contribution in [-0.2, 0) is 4.74 Å². The number of rotatable bonds is 4. The minimum Gasteiger partial charge on any atom is -0.508 e. The molecule has 1 aliphatic heterocycles. The first-order valence-electron chi connectivity index (χ1n) is 6.46. The summed E-state index contributed by atoms with van der Waals surface area (Å²) in [5, 5.41) is 9.93. The Bertz CT molecular complexity index is 348. The number of ether oxygens (including phenoxy) is 1. The van der Waals surface area contributed by atoms with Crippen LogP contribution in [0.3, 0.4) is 0 Å². The fourth-order valence-electron chi connectivity index (χ4n) is 2.40. The molecule has 1 unspecified atom stereocenters. The molecular weight excluding hydrogens is 214 g/mol. The number of hydrogen-bond donors (Lipinski definition) is 1. The molecule has 1 aromatic rings. The molecule has 2 rings (SSSR count). The van der Waals surface area contributed by atoms with Crippen LogP contribution in [0.25, 0.3) is 0 Å². The van der Waals surface area contributed by atoms with Crippen LogP contribution in [0, 0.1) is 0 Å². The Morgan fingerprint density at radius 1 is 1.24 bits per heavy atom. The Labute approximate surface area is 103 Å². The summed E-state index contributed by atoms with van der Waals surface area (Å²) in [7, 11) is 0. The van der Waals surface area contributed by atoms with E-state index in [1.165, 1.54) is 19.3 Å². The first-order valence-corrected chi connectivity index (χ1v) is 6.46. The molecule has 0 spiro atoms. The van der Waals surface area contributed by atoms with E-state index >= 15 is 0 Å². The van der Waals surface area contributed by atoms with Gasteiger partial charge in [-0.05, 0) is 25.8 Å². The lowest BCUT2D eigenvalue weighted by atomic mass is 10.1. The predicted molar refractivity (Wildman–Crippen MR) is 67.9 cm³/mol. The quantitative estimate of drug-likeness (QED) is 0.871. The molecule has 3 heteroatoms. The van der Waals surface area contributed by atoms with Crippen molar-refractivity contribution in [2.24, 2.45) is 0 Å². The molecule has 0 saturated carbocycles. The summed E-state index contributed by atoms with van der Waals surface area (Å²) in [6.07, 6.45) is 3.64. The normalized spacial score (nSPS) is 19.1. The fraction of sp³-hybridized carbons (Fsp3) is 0.571. The maximum absolute atomic E-state index is 9.93. The van der Waals surface area contributed by atoms with Gasteiger partial charge in [0.25, 0.3) is 0 Å². The number of hydrogen-bond acceptors (Lipinski definition) is 3. The molecule has 1 aliphatic rings. The van der Waals surface area contributed by atoms with Crippen molar-refractivity contribution in [1.82, 2.24) is 4.90 Å². The second-order valence-corrected chi connectivity index (χ2v) is 4.46. The molecule has 0 aliphatic carbocycles. The van der Waals surface area contributed by atoms with Crippen molar-refractivity contribution >= 4 is 0 Å². The van der Waals surface area contributed by atoms with Crippen LogP contribution in [0.1, 0.15) is 38.0 Å². The third-order valence-electron chi connectivity index (χ3n) is 3.25. The number of benzene rings is 1. The highest BCUT2D eigenvalue weighted by Gasteiger charge is 2.24. The SMILES string of the molecule is CCOC(c1ccccc1O)N1CCCCC1. The molecule has 1 N–H and O–H groups in total. The molecule has 94 valence electrons. The van der Waals surface area contributed by atoms with Crippen LogP contribution < -0.4 is 0 Å². The van der Waals surface area contributed by atoms with E-state index in [4.69, 9.17) is 4.74 Å². The van der Waals surface area contributed by atoms with Crippen molar-refractivity contribution < 1.29 is 9.84 Å². The van der Waals surface area contributed by atoms with E-state index in [0.717, 1.165) is 18.7 Å². The fourth-order valence-corrected chi connectivity index (χ4v) is 2.40. The van der Waals surface area contributed by atoms with Crippen LogP contribution in [0.5, 0.6) is 5.75 Å². The summed E-state index contributed by atoms with van der Waals surface area (Å²) in [6.45, 7) is 4.77. The molecule has 0 bridgehead atoms. The average Bonchev–Trinajstić information content (AvgIpc) is 2.38. The first-order chi connectivity index (χ1) is 8.33. The summed E-state index contributed by atoms with van der Waals surface area (Å²) in [5.74, 6) is 0.330. The Kier molecular flexibility index (Phi) is 4.40. The van der Waals surface area contributed by atoms with E-state index in [-0.39, 0.29) is 6.23 Å². The number of phenolic OH excluding ortho intramolecular Hbond substituents is 1. The summed E-state index contributed by atoms with van der Waals surface area (Å²) < 4.78 is 5.81. The standard InChI is InChI=1S/C14H21NO2/c1-2-17-14(15-10-6-3-7-11-15)12-8-4-5-9-13(12)16/h4-5,8-9,14,16H,2-3,6-7,10-11H2,1H3. The number of aromatic hydroxyl groups is 1. The van der Waals surface area contributed by atoms with E-state index in [1.807, 2.05) is 25.1 Å². The van der Waals surface area contributed by atoms with Gasteiger partial charge in [-0.25, -0.2) is 0 Å². The van der Waals surface area contributed by atoms with Gasteiger partial charge in [0.15, 0.2) is 0 Å². The first kappa shape index (κ1) is 12.4. The van der Waals surface area contributed by atoms with Gasteiger partial charge in [0.2, 0.25) is 0 Å². The van der Waals surface area contributed by atoms with Gasteiger partial charge in [-0.2, -0.15) is 0 Å². The zero-order valence-electron chi connectivity index (χ0n) is 10.4. The summed E-state index contributed by atoms with van der Waals surface area (Å²) >= 11 is 0. The number of likely N-dealkylation sites (tertiary alicyclic amines) is 1. The Balaban J connectivity index is 2.18. The zero-order chi connectivity index (χ0) is 12.1. The molecule has 17 heavy (non-hydrogen) atoms. The molecule has 1 atom stereocenters. The van der Waals surface area contributed by atoms with Crippen molar-refractivity contribution in [3.05, 3.63) is 29.8 Å². The summed E-state index contributed by atoms with van der Waals surface area (Å²) in [6, 6.07) is 7.47. The van der Waals surface area contributed by atoms with Gasteiger partial charge < -0.3 is 9.84 Å². The lowest BCUT2D eigenvalue weighted by Gasteiger charge is -2.34. The van der Waals surface area contributed by atoms with Crippen molar-refractivity contribution in [1.29, 1.82) is 0 Å². The van der Waals surface area contributed by atoms with Gasteiger partial charge in [0, 0.05) is 25.3 Å². The van der Waals surface area contributed by atoms with Gasteiger partial charge in [-0.1, -0.05) is 24.6 Å². The zero-order valence-corrected chi connectivity index (χ0v) is 10.4. The smallest absolute Gasteiger partial charge is 0.140 e. The van der Waals surface area contributed by atoms with Gasteiger partial charge in [-0.15, -0.1) is 0 Å². The monoisotopic (exact) mass is 235 g/mol. The van der Waals surface area contributed by atoms with Crippen molar-refractivity contribution in [2.45, 2.75) is 32.4 Å². The summed E-state index contributed by atoms with van der Waals surface area (Å²) in [4.78, 5) is 2.32. The van der Waals surface area contributed by atoms with Crippen LogP contribution in [0.2, 0.25) is 0 Å². The van der Waals surface area contributed by atoms with E-state index in [0.29, 0.717) is 12.4 Å². The van der Waals surface area contributed by atoms with Crippen molar-refractivity contribution in [3.8, 4) is 5.75 Å². The largest absolute Gasteiger partial charge is 0.508 e. The van der Waals surface area contributed by atoms with E-state index in [2.05, 4.69) is 4.90 Å². The van der Waals surface area contributed by atoms with Gasteiger partial charge >= 0.3 is 0 Å². The molecule has 0 aromatic heterocycles. The van der Waals surface area contributed by atoms with Crippen LogP contribution in [0.15, 0.2) is 24.3 Å². The minimum atomic E-state index is -0.0958. The highest BCUT2D eigenvalue weighted by atomic mass is 16.5.